The second-order valence-corrected chi connectivity index (χ2v) is 3.57. The van der Waals surface area contributed by atoms with Crippen LogP contribution in [0.5, 0.6) is 0 Å². The molecule has 1 aromatic heterocycles. The standard InChI is InChI=1S/C11H15N5O/c1-16(2)11(17)14-7-6-13-10-5-3-4-9(8-12)15-10/h3-5H,6-7H2,1-2H3,(H,13,15)(H,14,17). The number of hydrogen-bond acceptors (Lipinski definition) is 4. The monoisotopic (exact) mass is 233 g/mol. The van der Waals surface area contributed by atoms with Crippen molar-refractivity contribution < 1.29 is 4.79 Å². The lowest BCUT2D eigenvalue weighted by molar-refractivity contribution is 0.218. The van der Waals surface area contributed by atoms with Gasteiger partial charge in [0.1, 0.15) is 17.6 Å². The van der Waals surface area contributed by atoms with E-state index in [1.54, 1.807) is 32.3 Å². The first kappa shape index (κ1) is 12.8. The molecule has 0 aromatic carbocycles. The van der Waals surface area contributed by atoms with E-state index >= 15 is 0 Å². The maximum Gasteiger partial charge on any atom is 0.316 e. The number of nitrogens with one attached hydrogen (secondary N) is 2. The van der Waals surface area contributed by atoms with Crippen molar-refractivity contribution in [2.75, 3.05) is 32.5 Å². The summed E-state index contributed by atoms with van der Waals surface area (Å²) >= 11 is 0. The largest absolute Gasteiger partial charge is 0.368 e. The average molecular weight is 233 g/mol. The molecule has 0 saturated heterocycles. The van der Waals surface area contributed by atoms with Gasteiger partial charge in [-0.05, 0) is 12.1 Å². The van der Waals surface area contributed by atoms with Gasteiger partial charge in [0.05, 0.1) is 0 Å². The van der Waals surface area contributed by atoms with Crippen molar-refractivity contribution in [2.24, 2.45) is 0 Å². The van der Waals surface area contributed by atoms with E-state index in [0.29, 0.717) is 24.6 Å². The molecule has 0 atom stereocenters. The molecule has 6 heteroatoms. The van der Waals surface area contributed by atoms with Gasteiger partial charge in [0.15, 0.2) is 0 Å². The third kappa shape index (κ3) is 4.38. The molecule has 0 bridgehead atoms. The number of nitriles is 1. The predicted molar refractivity (Wildman–Crippen MR) is 64.5 cm³/mol. The van der Waals surface area contributed by atoms with Crippen LogP contribution in [0.25, 0.3) is 0 Å². The van der Waals surface area contributed by atoms with Gasteiger partial charge in [-0.2, -0.15) is 5.26 Å². The van der Waals surface area contributed by atoms with Crippen molar-refractivity contribution in [2.45, 2.75) is 0 Å². The molecule has 2 N–H and O–H groups in total. The normalized spacial score (nSPS) is 9.24. The molecule has 2 amide bonds. The van der Waals surface area contributed by atoms with Gasteiger partial charge in [-0.15, -0.1) is 0 Å². The summed E-state index contributed by atoms with van der Waals surface area (Å²) < 4.78 is 0. The Morgan fingerprint density at radius 1 is 1.47 bits per heavy atom. The Bertz CT molecular complexity index is 424. The minimum Gasteiger partial charge on any atom is -0.368 e. The van der Waals surface area contributed by atoms with Crippen molar-refractivity contribution in [3.05, 3.63) is 23.9 Å². The summed E-state index contributed by atoms with van der Waals surface area (Å²) in [5, 5.41) is 14.4. The highest BCUT2D eigenvalue weighted by Gasteiger charge is 2.01. The van der Waals surface area contributed by atoms with E-state index in [0.717, 1.165) is 0 Å². The summed E-state index contributed by atoms with van der Waals surface area (Å²) in [5.74, 6) is 0.628. The third-order valence-electron chi connectivity index (χ3n) is 1.98. The van der Waals surface area contributed by atoms with Crippen LogP contribution in [0.1, 0.15) is 5.69 Å². The summed E-state index contributed by atoms with van der Waals surface area (Å²) in [6.45, 7) is 1.05. The van der Waals surface area contributed by atoms with Crippen LogP contribution in [-0.4, -0.2) is 43.1 Å². The second kappa shape index (κ2) is 6.33. The van der Waals surface area contributed by atoms with Crippen LogP contribution in [0, 0.1) is 11.3 Å². The highest BCUT2D eigenvalue weighted by Crippen LogP contribution is 2.02. The molecule has 0 aliphatic rings. The van der Waals surface area contributed by atoms with Gasteiger partial charge in [-0.3, -0.25) is 0 Å². The Balaban J connectivity index is 2.31. The van der Waals surface area contributed by atoms with Gasteiger partial charge in [0.2, 0.25) is 0 Å². The van der Waals surface area contributed by atoms with Gasteiger partial charge in [-0.25, -0.2) is 9.78 Å². The van der Waals surface area contributed by atoms with Crippen LogP contribution in [0.3, 0.4) is 0 Å². The van der Waals surface area contributed by atoms with E-state index in [4.69, 9.17) is 5.26 Å². The van der Waals surface area contributed by atoms with E-state index in [1.807, 2.05) is 6.07 Å². The predicted octanol–water partition coefficient (Wildman–Crippen LogP) is 0.636. The van der Waals surface area contributed by atoms with Crippen molar-refractivity contribution in [1.29, 1.82) is 5.26 Å². The number of hydrogen-bond donors (Lipinski definition) is 2. The van der Waals surface area contributed by atoms with Crippen molar-refractivity contribution >= 4 is 11.8 Å². The minimum atomic E-state index is -0.134. The number of carbonyl (C=O) groups excluding carboxylic acids is 1. The zero-order chi connectivity index (χ0) is 12.7. The minimum absolute atomic E-state index is 0.134. The van der Waals surface area contributed by atoms with Crippen LogP contribution in [0.4, 0.5) is 10.6 Å². The number of rotatable bonds is 4. The van der Waals surface area contributed by atoms with E-state index in [9.17, 15) is 4.79 Å². The first-order valence-corrected chi connectivity index (χ1v) is 5.19. The number of urea groups is 1. The van der Waals surface area contributed by atoms with Crippen LogP contribution < -0.4 is 10.6 Å². The number of amides is 2. The van der Waals surface area contributed by atoms with Gasteiger partial charge < -0.3 is 15.5 Å². The maximum absolute atomic E-state index is 11.2. The van der Waals surface area contributed by atoms with Gasteiger partial charge in [0, 0.05) is 27.2 Å². The lowest BCUT2D eigenvalue weighted by Gasteiger charge is -2.12. The summed E-state index contributed by atoms with van der Waals surface area (Å²) in [6.07, 6.45) is 0. The van der Waals surface area contributed by atoms with E-state index in [2.05, 4.69) is 15.6 Å². The SMILES string of the molecule is CN(C)C(=O)NCCNc1cccc(C#N)n1. The van der Waals surface area contributed by atoms with Crippen molar-refractivity contribution in [3.63, 3.8) is 0 Å². The average Bonchev–Trinajstić information content (AvgIpc) is 2.34. The lowest BCUT2D eigenvalue weighted by atomic mass is 10.3. The van der Waals surface area contributed by atoms with Crippen molar-refractivity contribution in [1.82, 2.24) is 15.2 Å². The Morgan fingerprint density at radius 2 is 2.24 bits per heavy atom. The zero-order valence-electron chi connectivity index (χ0n) is 9.90. The fourth-order valence-electron chi connectivity index (χ4n) is 1.11. The molecule has 6 nitrogen and oxygen atoms in total. The van der Waals surface area contributed by atoms with E-state index in [1.165, 1.54) is 4.90 Å². The summed E-state index contributed by atoms with van der Waals surface area (Å²) in [5.41, 5.74) is 0.368. The molecular formula is C11H15N5O. The molecular weight excluding hydrogens is 218 g/mol. The molecule has 1 aromatic rings. The molecule has 90 valence electrons. The Hall–Kier alpha value is -2.29. The number of carbonyl (C=O) groups is 1. The highest BCUT2D eigenvalue weighted by molar-refractivity contribution is 5.73. The topological polar surface area (TPSA) is 81.0 Å². The van der Waals surface area contributed by atoms with Crippen LogP contribution in [0.15, 0.2) is 18.2 Å². The first-order valence-electron chi connectivity index (χ1n) is 5.19. The molecule has 0 aliphatic heterocycles. The Labute approximate surface area is 100 Å². The fraction of sp³-hybridized carbons (Fsp3) is 0.364. The molecule has 0 radical (unpaired) electrons. The number of nitrogens with zero attached hydrogens (tertiary/aromatic N) is 3. The first-order chi connectivity index (χ1) is 8.13. The summed E-state index contributed by atoms with van der Waals surface area (Å²) in [4.78, 5) is 16.7. The summed E-state index contributed by atoms with van der Waals surface area (Å²) in [6, 6.07) is 7.00. The van der Waals surface area contributed by atoms with Gasteiger partial charge >= 0.3 is 6.03 Å². The van der Waals surface area contributed by atoms with Crippen LogP contribution in [-0.2, 0) is 0 Å². The molecule has 0 spiro atoms. The highest BCUT2D eigenvalue weighted by atomic mass is 16.2. The van der Waals surface area contributed by atoms with Crippen LogP contribution in [0.2, 0.25) is 0 Å². The molecule has 0 unspecified atom stereocenters. The van der Waals surface area contributed by atoms with Crippen molar-refractivity contribution in [3.8, 4) is 6.07 Å². The summed E-state index contributed by atoms with van der Waals surface area (Å²) in [7, 11) is 3.36. The Kier molecular flexibility index (Phi) is 4.76. The Morgan fingerprint density at radius 3 is 2.88 bits per heavy atom. The number of aromatic nitrogens is 1. The molecule has 1 heterocycles. The smallest absolute Gasteiger partial charge is 0.316 e. The van der Waals surface area contributed by atoms with E-state index in [-0.39, 0.29) is 6.03 Å². The zero-order valence-corrected chi connectivity index (χ0v) is 9.90. The number of pyridine rings is 1. The molecule has 1 rings (SSSR count). The van der Waals surface area contributed by atoms with Gasteiger partial charge in [0.25, 0.3) is 0 Å². The van der Waals surface area contributed by atoms with Gasteiger partial charge in [-0.1, -0.05) is 6.07 Å². The third-order valence-corrected chi connectivity index (χ3v) is 1.98. The maximum atomic E-state index is 11.2. The molecule has 17 heavy (non-hydrogen) atoms. The quantitative estimate of drug-likeness (QED) is 0.748. The second-order valence-electron chi connectivity index (χ2n) is 3.57. The molecule has 0 saturated carbocycles. The number of anilines is 1. The molecule has 0 aliphatic carbocycles. The van der Waals surface area contributed by atoms with Crippen LogP contribution >= 0.6 is 0 Å². The van der Waals surface area contributed by atoms with E-state index < -0.39 is 0 Å². The lowest BCUT2D eigenvalue weighted by Crippen LogP contribution is -2.37. The fourth-order valence-corrected chi connectivity index (χ4v) is 1.11. The molecule has 0 fully saturated rings.